The highest BCUT2D eigenvalue weighted by molar-refractivity contribution is 5.82. The predicted molar refractivity (Wildman–Crippen MR) is 44.5 cm³/mol. The smallest absolute Gasteiger partial charge is 0.310 e. The van der Waals surface area contributed by atoms with Gasteiger partial charge in [0.05, 0.1) is 12.5 Å². The fourth-order valence-electron chi connectivity index (χ4n) is 0.870. The fourth-order valence-corrected chi connectivity index (χ4v) is 0.870. The maximum absolute atomic E-state index is 11.1. The van der Waals surface area contributed by atoms with E-state index in [1.807, 2.05) is 0 Å². The van der Waals surface area contributed by atoms with Crippen molar-refractivity contribution in [2.45, 2.75) is 20.3 Å². The van der Waals surface area contributed by atoms with Crippen LogP contribution in [0.2, 0.25) is 0 Å². The predicted octanol–water partition coefficient (Wildman–Crippen LogP) is 0.104. The van der Waals surface area contributed by atoms with Gasteiger partial charge in [-0.2, -0.15) is 0 Å². The van der Waals surface area contributed by atoms with Gasteiger partial charge in [0.25, 0.3) is 0 Å². The zero-order chi connectivity index (χ0) is 9.56. The Morgan fingerprint density at radius 1 is 1.50 bits per heavy atom. The monoisotopic (exact) mass is 173 g/mol. The highest BCUT2D eigenvalue weighted by Gasteiger charge is 2.19. The molecular weight excluding hydrogens is 158 g/mol. The number of nitrogens with two attached hydrogens (primary N) is 1. The number of carbonyl (C=O) groups is 2. The largest absolute Gasteiger partial charge is 0.466 e. The third-order valence-corrected chi connectivity index (χ3v) is 1.44. The number of esters is 1. The first-order valence-electron chi connectivity index (χ1n) is 3.98. The van der Waals surface area contributed by atoms with Crippen LogP contribution < -0.4 is 5.73 Å². The molecule has 0 radical (unpaired) electrons. The third kappa shape index (κ3) is 4.08. The van der Waals surface area contributed by atoms with E-state index in [0.29, 0.717) is 6.61 Å². The second-order valence-corrected chi connectivity index (χ2v) is 2.59. The lowest BCUT2D eigenvalue weighted by Crippen LogP contribution is -2.27. The van der Waals surface area contributed by atoms with Crippen molar-refractivity contribution in [3.05, 3.63) is 0 Å². The topological polar surface area (TPSA) is 69.4 Å². The van der Waals surface area contributed by atoms with E-state index in [0.717, 1.165) is 0 Å². The number of ether oxygens (including phenoxy) is 1. The van der Waals surface area contributed by atoms with Crippen molar-refractivity contribution in [3.8, 4) is 0 Å². The minimum Gasteiger partial charge on any atom is -0.466 e. The van der Waals surface area contributed by atoms with Crippen LogP contribution >= 0.6 is 0 Å². The summed E-state index contributed by atoms with van der Waals surface area (Å²) in [5.74, 6) is -0.892. The molecule has 0 spiro atoms. The summed E-state index contributed by atoms with van der Waals surface area (Å²) in [6.07, 6.45) is 0.176. The Labute approximate surface area is 72.1 Å². The van der Waals surface area contributed by atoms with Gasteiger partial charge in [0.1, 0.15) is 5.78 Å². The molecule has 0 bridgehead atoms. The molecule has 0 amide bonds. The van der Waals surface area contributed by atoms with Gasteiger partial charge < -0.3 is 15.3 Å². The molecule has 0 saturated carbocycles. The van der Waals surface area contributed by atoms with Crippen molar-refractivity contribution in [2.24, 2.45) is 11.7 Å². The van der Waals surface area contributed by atoms with Crippen LogP contribution in [0.1, 0.15) is 20.3 Å². The summed E-state index contributed by atoms with van der Waals surface area (Å²) >= 11 is 0. The SMILES string of the molecule is CCOC(=O)C(CN)CC(C)=O. The third-order valence-electron chi connectivity index (χ3n) is 1.44. The number of Topliss-reactive ketones (excluding diaryl/α,β-unsaturated/α-hetero) is 1. The molecule has 0 aliphatic rings. The van der Waals surface area contributed by atoms with Crippen LogP contribution in [0.3, 0.4) is 0 Å². The van der Waals surface area contributed by atoms with Crippen molar-refractivity contribution < 1.29 is 14.3 Å². The number of carbonyl (C=O) groups excluding carboxylic acids is 2. The summed E-state index contributed by atoms with van der Waals surface area (Å²) in [5.41, 5.74) is 5.30. The maximum Gasteiger partial charge on any atom is 0.310 e. The highest BCUT2D eigenvalue weighted by Crippen LogP contribution is 2.04. The van der Waals surface area contributed by atoms with Crippen LogP contribution in [0.5, 0.6) is 0 Å². The summed E-state index contributed by atoms with van der Waals surface area (Å²) in [5, 5.41) is 0. The van der Waals surface area contributed by atoms with Crippen molar-refractivity contribution in [3.63, 3.8) is 0 Å². The Bertz CT molecular complexity index is 168. The molecule has 1 unspecified atom stereocenters. The molecule has 0 aliphatic carbocycles. The lowest BCUT2D eigenvalue weighted by molar-refractivity contribution is -0.149. The van der Waals surface area contributed by atoms with Gasteiger partial charge in [0.2, 0.25) is 0 Å². The van der Waals surface area contributed by atoms with E-state index in [1.165, 1.54) is 6.92 Å². The molecule has 2 N–H and O–H groups in total. The number of hydrogen-bond acceptors (Lipinski definition) is 4. The zero-order valence-corrected chi connectivity index (χ0v) is 7.50. The summed E-state index contributed by atoms with van der Waals surface area (Å²) < 4.78 is 4.72. The fraction of sp³-hybridized carbons (Fsp3) is 0.750. The van der Waals surface area contributed by atoms with Crippen LogP contribution in [-0.4, -0.2) is 24.9 Å². The molecule has 0 aromatic carbocycles. The lowest BCUT2D eigenvalue weighted by Gasteiger charge is -2.10. The van der Waals surface area contributed by atoms with E-state index in [9.17, 15) is 9.59 Å². The molecule has 12 heavy (non-hydrogen) atoms. The Hall–Kier alpha value is -0.900. The van der Waals surface area contributed by atoms with Crippen molar-refractivity contribution >= 4 is 11.8 Å². The first-order valence-corrected chi connectivity index (χ1v) is 3.98. The average Bonchev–Trinajstić information content (AvgIpc) is 2.00. The van der Waals surface area contributed by atoms with Crippen LogP contribution in [-0.2, 0) is 14.3 Å². The Morgan fingerprint density at radius 2 is 2.08 bits per heavy atom. The molecule has 0 aromatic heterocycles. The normalized spacial score (nSPS) is 12.2. The summed E-state index contributed by atoms with van der Waals surface area (Å²) in [4.78, 5) is 21.7. The summed E-state index contributed by atoms with van der Waals surface area (Å²) in [6.45, 7) is 3.65. The standard InChI is InChI=1S/C8H15NO3/c1-3-12-8(11)7(5-9)4-6(2)10/h7H,3-5,9H2,1-2H3. The van der Waals surface area contributed by atoms with Gasteiger partial charge in [-0.3, -0.25) is 4.79 Å². The number of rotatable bonds is 5. The van der Waals surface area contributed by atoms with Gasteiger partial charge in [-0.15, -0.1) is 0 Å². The first kappa shape index (κ1) is 11.1. The molecule has 0 rings (SSSR count). The van der Waals surface area contributed by atoms with Crippen LogP contribution in [0.25, 0.3) is 0 Å². The summed E-state index contributed by atoms with van der Waals surface area (Å²) in [7, 11) is 0. The van der Waals surface area contributed by atoms with E-state index >= 15 is 0 Å². The van der Waals surface area contributed by atoms with Gasteiger partial charge in [-0.1, -0.05) is 0 Å². The molecule has 70 valence electrons. The van der Waals surface area contributed by atoms with Gasteiger partial charge >= 0.3 is 5.97 Å². The van der Waals surface area contributed by atoms with Gasteiger partial charge in [0.15, 0.2) is 0 Å². The lowest BCUT2D eigenvalue weighted by atomic mass is 10.0. The van der Waals surface area contributed by atoms with E-state index in [2.05, 4.69) is 0 Å². The highest BCUT2D eigenvalue weighted by atomic mass is 16.5. The number of hydrogen-bond donors (Lipinski definition) is 1. The molecule has 1 atom stereocenters. The van der Waals surface area contributed by atoms with Gasteiger partial charge in [0, 0.05) is 13.0 Å². The van der Waals surface area contributed by atoms with Gasteiger partial charge in [-0.05, 0) is 13.8 Å². The summed E-state index contributed by atoms with van der Waals surface area (Å²) in [6, 6.07) is 0. The molecule has 0 saturated heterocycles. The van der Waals surface area contributed by atoms with Crippen LogP contribution in [0.15, 0.2) is 0 Å². The average molecular weight is 173 g/mol. The molecule has 0 fully saturated rings. The quantitative estimate of drug-likeness (QED) is 0.599. The minimum atomic E-state index is -0.470. The molecule has 0 heterocycles. The molecule has 4 heteroatoms. The van der Waals surface area contributed by atoms with Gasteiger partial charge in [-0.25, -0.2) is 0 Å². The van der Waals surface area contributed by atoms with Crippen molar-refractivity contribution in [1.29, 1.82) is 0 Å². The molecule has 0 aromatic rings. The van der Waals surface area contributed by atoms with E-state index in [-0.39, 0.29) is 24.7 Å². The molecular formula is C8H15NO3. The van der Waals surface area contributed by atoms with Crippen molar-refractivity contribution in [2.75, 3.05) is 13.2 Å². The Kier molecular flexibility index (Phi) is 5.28. The zero-order valence-electron chi connectivity index (χ0n) is 7.50. The molecule has 4 nitrogen and oxygen atoms in total. The Morgan fingerprint density at radius 3 is 2.42 bits per heavy atom. The second kappa shape index (κ2) is 5.71. The second-order valence-electron chi connectivity index (χ2n) is 2.59. The van der Waals surface area contributed by atoms with E-state index < -0.39 is 5.92 Å². The van der Waals surface area contributed by atoms with Crippen LogP contribution in [0, 0.1) is 5.92 Å². The first-order chi connectivity index (χ1) is 5.61. The van der Waals surface area contributed by atoms with Crippen LogP contribution in [0.4, 0.5) is 0 Å². The van der Waals surface area contributed by atoms with E-state index in [1.54, 1.807) is 6.92 Å². The molecule has 0 aliphatic heterocycles. The minimum absolute atomic E-state index is 0.0431. The van der Waals surface area contributed by atoms with E-state index in [4.69, 9.17) is 10.5 Å². The number of ketones is 1. The Balaban J connectivity index is 3.96. The maximum atomic E-state index is 11.1. The van der Waals surface area contributed by atoms with Crippen molar-refractivity contribution in [1.82, 2.24) is 0 Å².